The summed E-state index contributed by atoms with van der Waals surface area (Å²) in [6.07, 6.45) is -4.02. The van der Waals surface area contributed by atoms with Gasteiger partial charge in [-0.3, -0.25) is 4.79 Å². The van der Waals surface area contributed by atoms with Crippen molar-refractivity contribution in [3.63, 3.8) is 0 Å². The van der Waals surface area contributed by atoms with E-state index in [0.717, 1.165) is 12.1 Å². The Bertz CT molecular complexity index is 471. The summed E-state index contributed by atoms with van der Waals surface area (Å²) in [5.41, 5.74) is 0.305. The van der Waals surface area contributed by atoms with Gasteiger partial charge >= 0.3 is 12.1 Å². The fourth-order valence-electron chi connectivity index (χ4n) is 2.20. The smallest absolute Gasteiger partial charge is 0.416 e. The predicted octanol–water partition coefficient (Wildman–Crippen LogP) is 3.08. The van der Waals surface area contributed by atoms with Crippen LogP contribution >= 0.6 is 0 Å². The minimum atomic E-state index is -4.40. The van der Waals surface area contributed by atoms with E-state index in [1.54, 1.807) is 0 Å². The van der Waals surface area contributed by atoms with Crippen LogP contribution in [0.5, 0.6) is 0 Å². The lowest BCUT2D eigenvalue weighted by Gasteiger charge is -2.26. The van der Waals surface area contributed by atoms with Crippen molar-refractivity contribution in [1.29, 1.82) is 0 Å². The molecule has 6 heteroatoms. The van der Waals surface area contributed by atoms with Gasteiger partial charge in [-0.2, -0.15) is 13.2 Å². The number of hydrogen-bond acceptors (Lipinski definition) is 2. The molecule has 1 aliphatic heterocycles. The highest BCUT2D eigenvalue weighted by molar-refractivity contribution is 5.69. The first-order valence-corrected chi connectivity index (χ1v) is 5.54. The fraction of sp³-hybridized carbons (Fsp3) is 0.417. The molecular weight excluding hydrogens is 247 g/mol. The highest BCUT2D eigenvalue weighted by Crippen LogP contribution is 2.38. The van der Waals surface area contributed by atoms with Gasteiger partial charge in [0.15, 0.2) is 0 Å². The van der Waals surface area contributed by atoms with Crippen LogP contribution in [0.2, 0.25) is 0 Å². The first-order chi connectivity index (χ1) is 8.38. The monoisotopic (exact) mass is 259 g/mol. The number of fused-ring (bicyclic) bond motifs is 1. The van der Waals surface area contributed by atoms with Crippen LogP contribution in [0, 0.1) is 0 Å². The van der Waals surface area contributed by atoms with Crippen LogP contribution in [0.3, 0.4) is 0 Å². The van der Waals surface area contributed by atoms with Crippen molar-refractivity contribution in [2.45, 2.75) is 24.9 Å². The number of carboxylic acids is 1. The Morgan fingerprint density at radius 2 is 2.17 bits per heavy atom. The van der Waals surface area contributed by atoms with Crippen LogP contribution in [0.4, 0.5) is 18.9 Å². The summed E-state index contributed by atoms with van der Waals surface area (Å²) in [4.78, 5) is 10.7. The SMILES string of the molecule is O=C(O)CC1CCNc2ccc(C(F)(F)F)cc21. The first-order valence-electron chi connectivity index (χ1n) is 5.54. The fourth-order valence-corrected chi connectivity index (χ4v) is 2.20. The first kappa shape index (κ1) is 12.7. The van der Waals surface area contributed by atoms with E-state index in [9.17, 15) is 18.0 Å². The zero-order valence-corrected chi connectivity index (χ0v) is 9.42. The highest BCUT2D eigenvalue weighted by atomic mass is 19.4. The predicted molar refractivity (Wildman–Crippen MR) is 59.5 cm³/mol. The number of halogens is 3. The van der Waals surface area contributed by atoms with E-state index in [0.29, 0.717) is 24.2 Å². The Hall–Kier alpha value is -1.72. The molecule has 1 atom stereocenters. The van der Waals surface area contributed by atoms with Gasteiger partial charge in [-0.05, 0) is 36.1 Å². The molecule has 2 rings (SSSR count). The molecule has 0 bridgehead atoms. The largest absolute Gasteiger partial charge is 0.481 e. The Balaban J connectivity index is 2.38. The van der Waals surface area contributed by atoms with Gasteiger partial charge in [0.2, 0.25) is 0 Å². The molecule has 0 radical (unpaired) electrons. The molecule has 0 fully saturated rings. The summed E-state index contributed by atoms with van der Waals surface area (Å²) < 4.78 is 37.8. The van der Waals surface area contributed by atoms with Crippen molar-refractivity contribution in [2.24, 2.45) is 0 Å². The average Bonchev–Trinajstić information content (AvgIpc) is 2.27. The van der Waals surface area contributed by atoms with Gasteiger partial charge in [-0.1, -0.05) is 0 Å². The van der Waals surface area contributed by atoms with E-state index in [2.05, 4.69) is 5.32 Å². The summed E-state index contributed by atoms with van der Waals surface area (Å²) >= 11 is 0. The van der Waals surface area contributed by atoms with Gasteiger partial charge in [0.05, 0.1) is 12.0 Å². The molecule has 0 aromatic heterocycles. The van der Waals surface area contributed by atoms with Crippen molar-refractivity contribution in [2.75, 3.05) is 11.9 Å². The molecule has 1 aromatic rings. The maximum atomic E-state index is 12.6. The molecule has 1 aromatic carbocycles. The number of hydrogen-bond donors (Lipinski definition) is 2. The van der Waals surface area contributed by atoms with Gasteiger partial charge in [-0.25, -0.2) is 0 Å². The van der Waals surface area contributed by atoms with Crippen LogP contribution in [0.1, 0.15) is 29.9 Å². The van der Waals surface area contributed by atoms with Gasteiger partial charge < -0.3 is 10.4 Å². The maximum Gasteiger partial charge on any atom is 0.416 e. The second-order valence-electron chi connectivity index (χ2n) is 4.31. The van der Waals surface area contributed by atoms with Gasteiger partial charge in [0, 0.05) is 12.2 Å². The number of aliphatic carboxylic acids is 1. The zero-order valence-electron chi connectivity index (χ0n) is 9.42. The standard InChI is InChI=1S/C12H12F3NO2/c13-12(14,15)8-1-2-10-9(6-8)7(3-4-16-10)5-11(17)18/h1-2,6-7,16H,3-5H2,(H,17,18). The average molecular weight is 259 g/mol. The van der Waals surface area contributed by atoms with E-state index in [-0.39, 0.29) is 12.3 Å². The Labute approximate surface area is 102 Å². The molecule has 0 saturated heterocycles. The molecule has 1 heterocycles. The number of nitrogens with one attached hydrogen (secondary N) is 1. The lowest BCUT2D eigenvalue weighted by Crippen LogP contribution is -2.20. The lowest BCUT2D eigenvalue weighted by molar-refractivity contribution is -0.138. The van der Waals surface area contributed by atoms with E-state index in [1.807, 2.05) is 0 Å². The molecule has 0 spiro atoms. The molecule has 0 saturated carbocycles. The molecule has 3 nitrogen and oxygen atoms in total. The number of rotatable bonds is 2. The third-order valence-corrected chi connectivity index (χ3v) is 3.05. The third-order valence-electron chi connectivity index (χ3n) is 3.05. The van der Waals surface area contributed by atoms with Crippen LogP contribution in [-0.2, 0) is 11.0 Å². The molecule has 1 aliphatic rings. The van der Waals surface area contributed by atoms with Crippen LogP contribution in [0.15, 0.2) is 18.2 Å². The van der Waals surface area contributed by atoms with E-state index < -0.39 is 17.7 Å². The van der Waals surface area contributed by atoms with Crippen LogP contribution in [0.25, 0.3) is 0 Å². The van der Waals surface area contributed by atoms with Crippen LogP contribution in [-0.4, -0.2) is 17.6 Å². The molecule has 18 heavy (non-hydrogen) atoms. The molecule has 1 unspecified atom stereocenters. The normalized spacial score (nSPS) is 18.9. The number of anilines is 1. The molecule has 98 valence electrons. The molecule has 2 N–H and O–H groups in total. The topological polar surface area (TPSA) is 49.3 Å². The summed E-state index contributed by atoms with van der Waals surface area (Å²) in [5, 5.41) is 11.8. The third kappa shape index (κ3) is 2.57. The Morgan fingerprint density at radius 3 is 2.78 bits per heavy atom. The van der Waals surface area contributed by atoms with Crippen LogP contribution < -0.4 is 5.32 Å². The second-order valence-corrected chi connectivity index (χ2v) is 4.31. The number of carbonyl (C=O) groups is 1. The van der Waals surface area contributed by atoms with Crippen molar-refractivity contribution in [1.82, 2.24) is 0 Å². The zero-order chi connectivity index (χ0) is 13.3. The summed E-state index contributed by atoms with van der Waals surface area (Å²) in [5.74, 6) is -1.36. The minimum Gasteiger partial charge on any atom is -0.481 e. The molecular formula is C12H12F3NO2. The van der Waals surface area contributed by atoms with Gasteiger partial charge in [0.1, 0.15) is 0 Å². The lowest BCUT2D eigenvalue weighted by atomic mass is 9.87. The van der Waals surface area contributed by atoms with E-state index in [4.69, 9.17) is 5.11 Å². The van der Waals surface area contributed by atoms with Gasteiger partial charge in [0.25, 0.3) is 0 Å². The minimum absolute atomic E-state index is 0.143. The van der Waals surface area contributed by atoms with E-state index >= 15 is 0 Å². The van der Waals surface area contributed by atoms with Crippen molar-refractivity contribution in [3.05, 3.63) is 29.3 Å². The van der Waals surface area contributed by atoms with Crippen molar-refractivity contribution >= 4 is 11.7 Å². The number of alkyl halides is 3. The van der Waals surface area contributed by atoms with Gasteiger partial charge in [-0.15, -0.1) is 0 Å². The second kappa shape index (κ2) is 4.51. The number of carboxylic acid groups (broad SMARTS) is 1. The van der Waals surface area contributed by atoms with Crippen molar-refractivity contribution < 1.29 is 23.1 Å². The summed E-state index contributed by atoms with van der Waals surface area (Å²) in [6.45, 7) is 0.580. The number of benzene rings is 1. The summed E-state index contributed by atoms with van der Waals surface area (Å²) in [6, 6.07) is 3.43. The van der Waals surface area contributed by atoms with Crippen molar-refractivity contribution in [3.8, 4) is 0 Å². The highest BCUT2D eigenvalue weighted by Gasteiger charge is 2.32. The van der Waals surface area contributed by atoms with E-state index in [1.165, 1.54) is 6.07 Å². The molecule has 0 aliphatic carbocycles. The molecule has 0 amide bonds. The quantitative estimate of drug-likeness (QED) is 0.858. The Kier molecular flexibility index (Phi) is 3.19. The summed E-state index contributed by atoms with van der Waals surface area (Å²) in [7, 11) is 0. The maximum absolute atomic E-state index is 12.6. The Morgan fingerprint density at radius 1 is 1.44 bits per heavy atom.